The Hall–Kier alpha value is -2.79. The van der Waals surface area contributed by atoms with E-state index in [1.54, 1.807) is 42.5 Å². The van der Waals surface area contributed by atoms with Gasteiger partial charge >= 0.3 is 0 Å². The van der Waals surface area contributed by atoms with Crippen LogP contribution in [-0.4, -0.2) is 18.4 Å². The van der Waals surface area contributed by atoms with Gasteiger partial charge in [-0.1, -0.05) is 17.7 Å². The lowest BCUT2D eigenvalue weighted by Gasteiger charge is -2.07. The molecule has 6 heteroatoms. The molecule has 3 rings (SSSR count). The zero-order valence-electron chi connectivity index (χ0n) is 13.9. The van der Waals surface area contributed by atoms with Crippen molar-refractivity contribution in [3.63, 3.8) is 0 Å². The molecule has 3 aromatic rings. The van der Waals surface area contributed by atoms with E-state index in [0.717, 1.165) is 10.9 Å². The van der Waals surface area contributed by atoms with E-state index in [-0.39, 0.29) is 17.6 Å². The maximum Gasteiger partial charge on any atom is 0.291 e. The third kappa shape index (κ3) is 3.51. The molecule has 128 valence electrons. The Morgan fingerprint density at radius 3 is 2.68 bits per heavy atom. The van der Waals surface area contributed by atoms with E-state index in [1.807, 2.05) is 13.8 Å². The van der Waals surface area contributed by atoms with Crippen LogP contribution in [0.1, 0.15) is 33.4 Å². The number of hydrogen-bond acceptors (Lipinski definition) is 3. The molecule has 0 bridgehead atoms. The number of rotatable bonds is 4. The van der Waals surface area contributed by atoms with Gasteiger partial charge in [-0.25, -0.2) is 0 Å². The second kappa shape index (κ2) is 6.99. The van der Waals surface area contributed by atoms with E-state index >= 15 is 0 Å². The average Bonchev–Trinajstić information content (AvgIpc) is 2.92. The van der Waals surface area contributed by atoms with E-state index in [4.69, 9.17) is 16.0 Å². The molecule has 0 spiro atoms. The minimum absolute atomic E-state index is 0.187. The summed E-state index contributed by atoms with van der Waals surface area (Å²) in [6.45, 7) is 4.19. The summed E-state index contributed by atoms with van der Waals surface area (Å²) in [6.07, 6.45) is 0. The van der Waals surface area contributed by atoms with E-state index in [2.05, 4.69) is 10.6 Å². The number of halogens is 1. The van der Waals surface area contributed by atoms with Crippen molar-refractivity contribution in [3.05, 3.63) is 64.4 Å². The number of anilines is 1. The third-order valence-electron chi connectivity index (χ3n) is 3.82. The van der Waals surface area contributed by atoms with Gasteiger partial charge < -0.3 is 15.1 Å². The van der Waals surface area contributed by atoms with Gasteiger partial charge in [-0.05, 0) is 50.2 Å². The van der Waals surface area contributed by atoms with E-state index in [9.17, 15) is 9.59 Å². The lowest BCUT2D eigenvalue weighted by atomic mass is 10.1. The third-order valence-corrected chi connectivity index (χ3v) is 4.06. The lowest BCUT2D eigenvalue weighted by Crippen LogP contribution is -2.22. The highest BCUT2D eigenvalue weighted by Crippen LogP contribution is 2.28. The van der Waals surface area contributed by atoms with E-state index < -0.39 is 0 Å². The summed E-state index contributed by atoms with van der Waals surface area (Å²) in [7, 11) is 0. The highest BCUT2D eigenvalue weighted by atomic mass is 35.5. The predicted molar refractivity (Wildman–Crippen MR) is 98.4 cm³/mol. The van der Waals surface area contributed by atoms with Gasteiger partial charge in [-0.15, -0.1) is 0 Å². The largest absolute Gasteiger partial charge is 0.451 e. The first kappa shape index (κ1) is 17.0. The minimum atomic E-state index is -0.377. The highest BCUT2D eigenvalue weighted by molar-refractivity contribution is 6.31. The molecule has 0 fully saturated rings. The van der Waals surface area contributed by atoms with Crippen molar-refractivity contribution in [2.45, 2.75) is 13.8 Å². The maximum atomic E-state index is 12.6. The van der Waals surface area contributed by atoms with Gasteiger partial charge in [0.25, 0.3) is 11.8 Å². The second-order valence-corrected chi connectivity index (χ2v) is 6.03. The van der Waals surface area contributed by atoms with Crippen LogP contribution in [0.25, 0.3) is 11.0 Å². The Balaban J connectivity index is 1.87. The van der Waals surface area contributed by atoms with Crippen LogP contribution in [-0.2, 0) is 0 Å². The van der Waals surface area contributed by atoms with Crippen molar-refractivity contribution in [1.29, 1.82) is 0 Å². The quantitative estimate of drug-likeness (QED) is 0.728. The number of furan rings is 1. The first-order chi connectivity index (χ1) is 12.0. The normalized spacial score (nSPS) is 10.7. The molecule has 1 aromatic heterocycles. The van der Waals surface area contributed by atoms with Crippen LogP contribution < -0.4 is 10.6 Å². The van der Waals surface area contributed by atoms with Crippen molar-refractivity contribution in [2.75, 3.05) is 11.9 Å². The molecule has 1 heterocycles. The standard InChI is InChI=1S/C19H17ClN2O3/c1-3-21-18(23)12-5-4-6-14(9-12)22-19(24)17-11(2)15-10-13(20)7-8-16(15)25-17/h4-10H,3H2,1-2H3,(H,21,23)(H,22,24). The summed E-state index contributed by atoms with van der Waals surface area (Å²) < 4.78 is 5.65. The lowest BCUT2D eigenvalue weighted by molar-refractivity contribution is 0.0953. The van der Waals surface area contributed by atoms with Crippen LogP contribution in [0.4, 0.5) is 5.69 Å². The van der Waals surface area contributed by atoms with E-state index in [1.165, 1.54) is 0 Å². The fraction of sp³-hybridized carbons (Fsp3) is 0.158. The second-order valence-electron chi connectivity index (χ2n) is 5.59. The van der Waals surface area contributed by atoms with Gasteiger partial charge in [0.05, 0.1) is 0 Å². The Labute approximate surface area is 150 Å². The first-order valence-electron chi connectivity index (χ1n) is 7.88. The molecular weight excluding hydrogens is 340 g/mol. The van der Waals surface area contributed by atoms with Gasteiger partial charge in [0.2, 0.25) is 0 Å². The number of nitrogens with one attached hydrogen (secondary N) is 2. The zero-order chi connectivity index (χ0) is 18.0. The molecule has 0 aliphatic carbocycles. The SMILES string of the molecule is CCNC(=O)c1cccc(NC(=O)c2oc3ccc(Cl)cc3c2C)c1. The number of hydrogen-bond donors (Lipinski definition) is 2. The number of carbonyl (C=O) groups is 2. The Bertz CT molecular complexity index is 962. The van der Waals surface area contributed by atoms with Crippen molar-refractivity contribution >= 4 is 40.1 Å². The fourth-order valence-electron chi connectivity index (χ4n) is 2.60. The number of fused-ring (bicyclic) bond motifs is 1. The van der Waals surface area contributed by atoms with Gasteiger partial charge in [0.1, 0.15) is 5.58 Å². The van der Waals surface area contributed by atoms with Crippen molar-refractivity contribution in [2.24, 2.45) is 0 Å². The molecule has 0 saturated carbocycles. The van der Waals surface area contributed by atoms with Crippen molar-refractivity contribution < 1.29 is 14.0 Å². The van der Waals surface area contributed by atoms with Crippen LogP contribution >= 0.6 is 11.6 Å². The molecule has 2 amide bonds. The summed E-state index contributed by atoms with van der Waals surface area (Å²) in [6, 6.07) is 12.0. The Morgan fingerprint density at radius 2 is 1.92 bits per heavy atom. The maximum absolute atomic E-state index is 12.6. The molecule has 0 saturated heterocycles. The molecular formula is C19H17ClN2O3. The molecule has 0 unspecified atom stereocenters. The molecule has 5 nitrogen and oxygen atoms in total. The van der Waals surface area contributed by atoms with Crippen molar-refractivity contribution in [3.8, 4) is 0 Å². The molecule has 2 aromatic carbocycles. The molecule has 25 heavy (non-hydrogen) atoms. The number of carbonyl (C=O) groups excluding carboxylic acids is 2. The number of amides is 2. The monoisotopic (exact) mass is 356 g/mol. The average molecular weight is 357 g/mol. The highest BCUT2D eigenvalue weighted by Gasteiger charge is 2.18. The summed E-state index contributed by atoms with van der Waals surface area (Å²) in [4.78, 5) is 24.5. The fourth-order valence-corrected chi connectivity index (χ4v) is 2.77. The zero-order valence-corrected chi connectivity index (χ0v) is 14.6. The summed E-state index contributed by atoms with van der Waals surface area (Å²) in [5.74, 6) is -0.341. The topological polar surface area (TPSA) is 71.3 Å². The number of benzene rings is 2. The van der Waals surface area contributed by atoms with E-state index in [0.29, 0.717) is 28.4 Å². The Kier molecular flexibility index (Phi) is 4.76. The van der Waals surface area contributed by atoms with Crippen LogP contribution in [0.3, 0.4) is 0 Å². The molecule has 0 radical (unpaired) electrons. The number of aryl methyl sites for hydroxylation is 1. The minimum Gasteiger partial charge on any atom is -0.451 e. The molecule has 0 aliphatic rings. The smallest absolute Gasteiger partial charge is 0.291 e. The van der Waals surface area contributed by atoms with Gasteiger partial charge in [0, 0.05) is 33.8 Å². The van der Waals surface area contributed by atoms with Crippen LogP contribution in [0.2, 0.25) is 5.02 Å². The van der Waals surface area contributed by atoms with Crippen molar-refractivity contribution in [1.82, 2.24) is 5.32 Å². The van der Waals surface area contributed by atoms with Gasteiger partial charge in [0.15, 0.2) is 5.76 Å². The van der Waals surface area contributed by atoms with Gasteiger partial charge in [-0.2, -0.15) is 0 Å². The molecule has 2 N–H and O–H groups in total. The van der Waals surface area contributed by atoms with Crippen LogP contribution in [0.5, 0.6) is 0 Å². The Morgan fingerprint density at radius 1 is 1.12 bits per heavy atom. The molecule has 0 atom stereocenters. The first-order valence-corrected chi connectivity index (χ1v) is 8.25. The molecule has 0 aliphatic heterocycles. The summed E-state index contributed by atoms with van der Waals surface area (Å²) in [5, 5.41) is 6.87. The van der Waals surface area contributed by atoms with Crippen LogP contribution in [0, 0.1) is 6.92 Å². The summed E-state index contributed by atoms with van der Waals surface area (Å²) >= 11 is 6.00. The predicted octanol–water partition coefficient (Wildman–Crippen LogP) is 4.40. The van der Waals surface area contributed by atoms with Crippen LogP contribution in [0.15, 0.2) is 46.9 Å². The summed E-state index contributed by atoms with van der Waals surface area (Å²) in [5.41, 5.74) is 2.32. The van der Waals surface area contributed by atoms with Gasteiger partial charge in [-0.3, -0.25) is 9.59 Å².